The van der Waals surface area contributed by atoms with Crippen molar-refractivity contribution in [2.75, 3.05) is 0 Å². The number of phenolic OH excluding ortho intramolecular Hbond substituents is 1. The summed E-state index contributed by atoms with van der Waals surface area (Å²) < 4.78 is 0. The number of phenols is 1. The van der Waals surface area contributed by atoms with Crippen LogP contribution in [0.2, 0.25) is 0 Å². The van der Waals surface area contributed by atoms with Crippen molar-refractivity contribution in [2.24, 2.45) is 0 Å². The summed E-state index contributed by atoms with van der Waals surface area (Å²) in [5.74, 6) is 0.300. The fraction of sp³-hybridized carbons (Fsp3) is 0.125. The molecule has 2 aromatic rings. The standard InChI is InChI=1S/C16H14N2O/c1-11-7-13(8-12(2)16(11)19)9-14(10-17)15-5-3-4-6-18-15/h3-9,19H,1-2H3/b14-9+. The summed E-state index contributed by atoms with van der Waals surface area (Å²) in [5, 5.41) is 19.0. The van der Waals surface area contributed by atoms with Crippen molar-refractivity contribution >= 4 is 11.6 Å². The lowest BCUT2D eigenvalue weighted by Gasteiger charge is -2.05. The molecule has 0 aliphatic rings. The molecular formula is C16H14N2O. The normalized spacial score (nSPS) is 11.1. The molecule has 2 rings (SSSR count). The molecule has 0 saturated heterocycles. The Labute approximate surface area is 112 Å². The molecule has 0 fully saturated rings. The second-order valence-electron chi connectivity index (χ2n) is 4.39. The number of aromatic nitrogens is 1. The number of aromatic hydroxyl groups is 1. The van der Waals surface area contributed by atoms with Crippen LogP contribution in [-0.2, 0) is 0 Å². The van der Waals surface area contributed by atoms with E-state index in [9.17, 15) is 10.4 Å². The molecule has 0 aliphatic heterocycles. The molecule has 0 radical (unpaired) electrons. The zero-order chi connectivity index (χ0) is 13.8. The van der Waals surface area contributed by atoms with Crippen LogP contribution in [0.5, 0.6) is 5.75 Å². The van der Waals surface area contributed by atoms with Crippen LogP contribution in [0.1, 0.15) is 22.4 Å². The Morgan fingerprint density at radius 3 is 2.47 bits per heavy atom. The summed E-state index contributed by atoms with van der Waals surface area (Å²) >= 11 is 0. The number of nitriles is 1. The number of pyridine rings is 1. The number of benzene rings is 1. The van der Waals surface area contributed by atoms with Gasteiger partial charge in [0.25, 0.3) is 0 Å². The summed E-state index contributed by atoms with van der Waals surface area (Å²) in [4.78, 5) is 4.17. The minimum Gasteiger partial charge on any atom is -0.507 e. The van der Waals surface area contributed by atoms with Crippen molar-refractivity contribution in [1.29, 1.82) is 5.26 Å². The smallest absolute Gasteiger partial charge is 0.121 e. The quantitative estimate of drug-likeness (QED) is 0.830. The fourth-order valence-corrected chi connectivity index (χ4v) is 1.92. The number of hydrogen-bond acceptors (Lipinski definition) is 3. The molecule has 0 spiro atoms. The minimum atomic E-state index is 0.300. The highest BCUT2D eigenvalue weighted by atomic mass is 16.3. The van der Waals surface area contributed by atoms with Crippen LogP contribution in [0.25, 0.3) is 11.6 Å². The molecule has 94 valence electrons. The highest BCUT2D eigenvalue weighted by Gasteiger charge is 2.05. The Morgan fingerprint density at radius 1 is 1.26 bits per heavy atom. The number of rotatable bonds is 2. The van der Waals surface area contributed by atoms with Gasteiger partial charge in [0.05, 0.1) is 11.3 Å². The SMILES string of the molecule is Cc1cc(/C=C(\C#N)c2ccccn2)cc(C)c1O. The number of allylic oxidation sites excluding steroid dienone is 1. The largest absolute Gasteiger partial charge is 0.507 e. The summed E-state index contributed by atoms with van der Waals surface area (Å²) in [5.41, 5.74) is 3.63. The first-order valence-electron chi connectivity index (χ1n) is 5.95. The first-order chi connectivity index (χ1) is 9.11. The van der Waals surface area contributed by atoms with Crippen LogP contribution in [-0.4, -0.2) is 10.1 Å². The monoisotopic (exact) mass is 250 g/mol. The molecule has 1 heterocycles. The van der Waals surface area contributed by atoms with Gasteiger partial charge in [0.2, 0.25) is 0 Å². The van der Waals surface area contributed by atoms with Crippen molar-refractivity contribution < 1.29 is 5.11 Å². The molecule has 0 amide bonds. The van der Waals surface area contributed by atoms with Gasteiger partial charge >= 0.3 is 0 Å². The van der Waals surface area contributed by atoms with Gasteiger partial charge in [-0.15, -0.1) is 0 Å². The molecule has 19 heavy (non-hydrogen) atoms. The van der Waals surface area contributed by atoms with E-state index < -0.39 is 0 Å². The van der Waals surface area contributed by atoms with E-state index in [-0.39, 0.29) is 0 Å². The molecule has 0 atom stereocenters. The van der Waals surface area contributed by atoms with Crippen molar-refractivity contribution in [3.63, 3.8) is 0 Å². The third-order valence-electron chi connectivity index (χ3n) is 2.89. The Hall–Kier alpha value is -2.60. The van der Waals surface area contributed by atoms with Crippen molar-refractivity contribution in [1.82, 2.24) is 4.98 Å². The van der Waals surface area contributed by atoms with E-state index in [0.717, 1.165) is 16.7 Å². The third-order valence-corrected chi connectivity index (χ3v) is 2.89. The first-order valence-corrected chi connectivity index (χ1v) is 5.95. The van der Waals surface area contributed by atoms with Crippen molar-refractivity contribution in [2.45, 2.75) is 13.8 Å². The van der Waals surface area contributed by atoms with Gasteiger partial charge in [-0.05, 0) is 60.9 Å². The zero-order valence-corrected chi connectivity index (χ0v) is 10.9. The Balaban J connectivity index is 2.48. The van der Waals surface area contributed by atoms with Crippen LogP contribution < -0.4 is 0 Å². The van der Waals surface area contributed by atoms with E-state index >= 15 is 0 Å². The van der Waals surface area contributed by atoms with E-state index in [1.165, 1.54) is 0 Å². The van der Waals surface area contributed by atoms with Gasteiger partial charge in [0, 0.05) is 6.20 Å². The van der Waals surface area contributed by atoms with Crippen molar-refractivity contribution in [3.8, 4) is 11.8 Å². The van der Waals surface area contributed by atoms with Crippen LogP contribution in [0.4, 0.5) is 0 Å². The fourth-order valence-electron chi connectivity index (χ4n) is 1.92. The summed E-state index contributed by atoms with van der Waals surface area (Å²) in [7, 11) is 0. The van der Waals surface area contributed by atoms with E-state index in [4.69, 9.17) is 0 Å². The van der Waals surface area contributed by atoms with Crippen LogP contribution in [0.15, 0.2) is 36.5 Å². The van der Waals surface area contributed by atoms with Crippen LogP contribution in [0, 0.1) is 25.2 Å². The van der Waals surface area contributed by atoms with Gasteiger partial charge in [0.1, 0.15) is 11.8 Å². The lowest BCUT2D eigenvalue weighted by atomic mass is 10.0. The maximum Gasteiger partial charge on any atom is 0.121 e. The maximum atomic E-state index is 9.74. The van der Waals surface area contributed by atoms with E-state index in [0.29, 0.717) is 17.0 Å². The maximum absolute atomic E-state index is 9.74. The average Bonchev–Trinajstić information content (AvgIpc) is 2.43. The predicted molar refractivity (Wildman–Crippen MR) is 75.3 cm³/mol. The van der Waals surface area contributed by atoms with Crippen LogP contribution in [0.3, 0.4) is 0 Å². The molecule has 1 N–H and O–H groups in total. The van der Waals surface area contributed by atoms with E-state index in [1.54, 1.807) is 18.3 Å². The molecule has 3 heteroatoms. The number of aryl methyl sites for hydroxylation is 2. The predicted octanol–water partition coefficient (Wildman–Crippen LogP) is 3.47. The molecule has 1 aromatic carbocycles. The highest BCUT2D eigenvalue weighted by Crippen LogP contribution is 2.25. The topological polar surface area (TPSA) is 56.9 Å². The van der Waals surface area contributed by atoms with Crippen LogP contribution >= 0.6 is 0 Å². The summed E-state index contributed by atoms with van der Waals surface area (Å²) in [6, 6.07) is 11.3. The Bertz CT molecular complexity index is 644. The first kappa shape index (κ1) is 12.8. The second kappa shape index (κ2) is 5.36. The minimum absolute atomic E-state index is 0.300. The van der Waals surface area contributed by atoms with Gasteiger partial charge in [-0.3, -0.25) is 4.98 Å². The lowest BCUT2D eigenvalue weighted by Crippen LogP contribution is -1.87. The molecule has 0 unspecified atom stereocenters. The number of hydrogen-bond donors (Lipinski definition) is 1. The van der Waals surface area contributed by atoms with E-state index in [1.807, 2.05) is 38.1 Å². The molecule has 0 aliphatic carbocycles. The lowest BCUT2D eigenvalue weighted by molar-refractivity contribution is 0.467. The highest BCUT2D eigenvalue weighted by molar-refractivity contribution is 5.88. The summed E-state index contributed by atoms with van der Waals surface area (Å²) in [6.45, 7) is 3.68. The van der Waals surface area contributed by atoms with Gasteiger partial charge in [0.15, 0.2) is 0 Å². The Morgan fingerprint density at radius 2 is 1.95 bits per heavy atom. The van der Waals surface area contributed by atoms with Gasteiger partial charge in [-0.25, -0.2) is 0 Å². The Kier molecular flexibility index (Phi) is 3.63. The summed E-state index contributed by atoms with van der Waals surface area (Å²) in [6.07, 6.45) is 3.44. The molecular weight excluding hydrogens is 236 g/mol. The second-order valence-corrected chi connectivity index (χ2v) is 4.39. The van der Waals surface area contributed by atoms with Gasteiger partial charge in [-0.2, -0.15) is 5.26 Å². The van der Waals surface area contributed by atoms with Gasteiger partial charge in [-0.1, -0.05) is 6.07 Å². The molecule has 0 saturated carbocycles. The molecule has 0 bridgehead atoms. The third kappa shape index (κ3) is 2.80. The van der Waals surface area contributed by atoms with Gasteiger partial charge < -0.3 is 5.11 Å². The van der Waals surface area contributed by atoms with Crippen molar-refractivity contribution in [3.05, 3.63) is 58.9 Å². The average molecular weight is 250 g/mol. The molecule has 3 nitrogen and oxygen atoms in total. The van der Waals surface area contributed by atoms with E-state index in [2.05, 4.69) is 11.1 Å². The number of nitrogens with zero attached hydrogens (tertiary/aromatic N) is 2. The molecule has 1 aromatic heterocycles. The zero-order valence-electron chi connectivity index (χ0n) is 10.9.